The van der Waals surface area contributed by atoms with Gasteiger partial charge in [0.1, 0.15) is 5.75 Å². The Morgan fingerprint density at radius 1 is 0.812 bits per heavy atom. The van der Waals surface area contributed by atoms with E-state index in [1.165, 1.54) is 12.1 Å². The van der Waals surface area contributed by atoms with Crippen molar-refractivity contribution in [2.75, 3.05) is 11.9 Å². The number of hydrogen-bond acceptors (Lipinski definition) is 5. The summed E-state index contributed by atoms with van der Waals surface area (Å²) in [6.07, 6.45) is -0.459. The molecule has 0 bridgehead atoms. The van der Waals surface area contributed by atoms with E-state index in [4.69, 9.17) is 9.47 Å². The summed E-state index contributed by atoms with van der Waals surface area (Å²) in [5.74, 6) is -0.0563. The summed E-state index contributed by atoms with van der Waals surface area (Å²) in [4.78, 5) is 35.8. The molecule has 2 amide bonds. The molecule has 3 rings (SSSR count). The van der Waals surface area contributed by atoms with Gasteiger partial charge >= 0.3 is 6.16 Å². The van der Waals surface area contributed by atoms with E-state index in [9.17, 15) is 14.4 Å². The Morgan fingerprint density at radius 2 is 1.50 bits per heavy atom. The summed E-state index contributed by atoms with van der Waals surface area (Å²) in [6.45, 7) is 2.31. The van der Waals surface area contributed by atoms with Gasteiger partial charge in [-0.05, 0) is 54.4 Å². The van der Waals surface area contributed by atoms with E-state index in [0.29, 0.717) is 30.0 Å². The number of rotatable bonds is 8. The molecule has 0 saturated heterocycles. The first-order valence-electron chi connectivity index (χ1n) is 10.2. The predicted octanol–water partition coefficient (Wildman–Crippen LogP) is 4.33. The summed E-state index contributed by atoms with van der Waals surface area (Å²) >= 11 is 0. The minimum atomic E-state index is -0.791. The van der Waals surface area contributed by atoms with Crippen LogP contribution in [0.3, 0.4) is 0 Å². The zero-order valence-corrected chi connectivity index (χ0v) is 17.7. The molecule has 0 aliphatic rings. The Morgan fingerprint density at radius 3 is 2.16 bits per heavy atom. The number of amides is 2. The van der Waals surface area contributed by atoms with E-state index < -0.39 is 6.16 Å². The van der Waals surface area contributed by atoms with Gasteiger partial charge in [0.05, 0.1) is 13.0 Å². The van der Waals surface area contributed by atoms with Gasteiger partial charge in [0.15, 0.2) is 0 Å². The highest BCUT2D eigenvalue weighted by molar-refractivity contribution is 6.04. The number of anilines is 1. The average molecular weight is 432 g/mol. The summed E-state index contributed by atoms with van der Waals surface area (Å²) in [6, 6.07) is 22.9. The van der Waals surface area contributed by atoms with E-state index in [0.717, 1.165) is 11.1 Å². The van der Waals surface area contributed by atoms with Crippen molar-refractivity contribution in [1.29, 1.82) is 0 Å². The van der Waals surface area contributed by atoms with Gasteiger partial charge in [0, 0.05) is 17.8 Å². The van der Waals surface area contributed by atoms with Crippen molar-refractivity contribution in [3.63, 3.8) is 0 Å². The lowest BCUT2D eigenvalue weighted by atomic mass is 10.1. The van der Waals surface area contributed by atoms with Crippen molar-refractivity contribution in [3.05, 3.63) is 95.6 Å². The highest BCUT2D eigenvalue weighted by Crippen LogP contribution is 2.15. The molecule has 0 unspecified atom stereocenters. The maximum atomic E-state index is 12.4. The van der Waals surface area contributed by atoms with Crippen LogP contribution in [0.4, 0.5) is 10.5 Å². The van der Waals surface area contributed by atoms with Gasteiger partial charge in [-0.2, -0.15) is 0 Å². The molecule has 0 aliphatic heterocycles. The number of hydrogen-bond donors (Lipinski definition) is 2. The van der Waals surface area contributed by atoms with Crippen LogP contribution in [-0.2, 0) is 22.5 Å². The molecule has 0 heterocycles. The smallest absolute Gasteiger partial charge is 0.434 e. The van der Waals surface area contributed by atoms with Gasteiger partial charge in [0.25, 0.3) is 5.91 Å². The first-order valence-corrected chi connectivity index (χ1v) is 10.2. The van der Waals surface area contributed by atoms with Gasteiger partial charge in [0.2, 0.25) is 5.91 Å². The average Bonchev–Trinajstić information content (AvgIpc) is 2.80. The molecule has 0 saturated carbocycles. The van der Waals surface area contributed by atoms with Gasteiger partial charge in [-0.25, -0.2) is 4.79 Å². The lowest BCUT2D eigenvalue weighted by Crippen LogP contribution is -2.24. The fourth-order valence-electron chi connectivity index (χ4n) is 2.87. The second-order valence-electron chi connectivity index (χ2n) is 6.90. The maximum absolute atomic E-state index is 12.4. The van der Waals surface area contributed by atoms with E-state index in [2.05, 4.69) is 10.6 Å². The van der Waals surface area contributed by atoms with Crippen molar-refractivity contribution < 1.29 is 23.9 Å². The Balaban J connectivity index is 1.48. The molecule has 3 aromatic rings. The fourth-order valence-corrected chi connectivity index (χ4v) is 2.87. The van der Waals surface area contributed by atoms with Crippen LogP contribution in [0.2, 0.25) is 0 Å². The first kappa shape index (κ1) is 22.6. The summed E-state index contributed by atoms with van der Waals surface area (Å²) in [7, 11) is 0. The standard InChI is InChI=1S/C25H24N2O5/c1-2-31-25(30)32-22-14-10-20(11-15-22)24(29)27-21-12-8-19(9-13-21)17-26-23(28)16-18-6-4-3-5-7-18/h3-15H,2,16-17H2,1H3,(H,26,28)(H,27,29). The van der Waals surface area contributed by atoms with Crippen LogP contribution in [0, 0.1) is 0 Å². The summed E-state index contributed by atoms with van der Waals surface area (Å²) < 4.78 is 9.68. The molecule has 2 N–H and O–H groups in total. The molecule has 0 spiro atoms. The van der Waals surface area contributed by atoms with Crippen molar-refractivity contribution in [1.82, 2.24) is 5.32 Å². The monoisotopic (exact) mass is 432 g/mol. The normalized spacial score (nSPS) is 10.2. The number of carbonyl (C=O) groups is 3. The van der Waals surface area contributed by atoms with Gasteiger partial charge in [-0.1, -0.05) is 42.5 Å². The largest absolute Gasteiger partial charge is 0.513 e. The minimum Gasteiger partial charge on any atom is -0.434 e. The summed E-state index contributed by atoms with van der Waals surface area (Å²) in [5, 5.41) is 5.69. The zero-order chi connectivity index (χ0) is 22.8. The van der Waals surface area contributed by atoms with Gasteiger partial charge < -0.3 is 20.1 Å². The van der Waals surface area contributed by atoms with Crippen molar-refractivity contribution in [2.45, 2.75) is 19.9 Å². The quantitative estimate of drug-likeness (QED) is 0.408. The van der Waals surface area contributed by atoms with Crippen LogP contribution in [-0.4, -0.2) is 24.6 Å². The predicted molar refractivity (Wildman–Crippen MR) is 120 cm³/mol. The molecule has 3 aromatic carbocycles. The van der Waals surface area contributed by atoms with E-state index in [1.54, 1.807) is 31.2 Å². The molecular formula is C25H24N2O5. The topological polar surface area (TPSA) is 93.7 Å². The molecule has 7 nitrogen and oxygen atoms in total. The van der Waals surface area contributed by atoms with Crippen LogP contribution < -0.4 is 15.4 Å². The molecule has 0 fully saturated rings. The molecule has 0 atom stereocenters. The van der Waals surface area contributed by atoms with Crippen LogP contribution >= 0.6 is 0 Å². The molecule has 0 aromatic heterocycles. The lowest BCUT2D eigenvalue weighted by molar-refractivity contribution is -0.120. The molecular weight excluding hydrogens is 408 g/mol. The molecule has 7 heteroatoms. The Bertz CT molecular complexity index is 1050. The number of carbonyl (C=O) groups excluding carboxylic acids is 3. The molecule has 164 valence electrons. The molecule has 0 aliphatic carbocycles. The number of ether oxygens (including phenoxy) is 2. The van der Waals surface area contributed by atoms with Gasteiger partial charge in [-0.3, -0.25) is 9.59 Å². The van der Waals surface area contributed by atoms with Crippen LogP contribution in [0.25, 0.3) is 0 Å². The number of nitrogens with one attached hydrogen (secondary N) is 2. The zero-order valence-electron chi connectivity index (χ0n) is 17.7. The second kappa shape index (κ2) is 11.3. The van der Waals surface area contributed by atoms with Crippen LogP contribution in [0.5, 0.6) is 5.75 Å². The number of benzene rings is 3. The van der Waals surface area contributed by atoms with Gasteiger partial charge in [-0.15, -0.1) is 0 Å². The van der Waals surface area contributed by atoms with E-state index >= 15 is 0 Å². The van der Waals surface area contributed by atoms with Crippen molar-refractivity contribution >= 4 is 23.7 Å². The van der Waals surface area contributed by atoms with E-state index in [-0.39, 0.29) is 18.4 Å². The third-order valence-electron chi connectivity index (χ3n) is 4.49. The third-order valence-corrected chi connectivity index (χ3v) is 4.49. The lowest BCUT2D eigenvalue weighted by Gasteiger charge is -2.09. The van der Waals surface area contributed by atoms with Crippen LogP contribution in [0.15, 0.2) is 78.9 Å². The molecule has 0 radical (unpaired) electrons. The highest BCUT2D eigenvalue weighted by Gasteiger charge is 2.09. The Labute approximate surface area is 186 Å². The fraction of sp³-hybridized carbons (Fsp3) is 0.160. The van der Waals surface area contributed by atoms with Crippen molar-refractivity contribution in [3.8, 4) is 5.75 Å². The Kier molecular flexibility index (Phi) is 7.97. The summed E-state index contributed by atoms with van der Waals surface area (Å²) in [5.41, 5.74) is 2.92. The van der Waals surface area contributed by atoms with Crippen molar-refractivity contribution in [2.24, 2.45) is 0 Å². The van der Waals surface area contributed by atoms with Crippen LogP contribution in [0.1, 0.15) is 28.4 Å². The highest BCUT2D eigenvalue weighted by atomic mass is 16.7. The SMILES string of the molecule is CCOC(=O)Oc1ccc(C(=O)Nc2ccc(CNC(=O)Cc3ccccc3)cc2)cc1. The maximum Gasteiger partial charge on any atom is 0.513 e. The Hall–Kier alpha value is -4.13. The second-order valence-corrected chi connectivity index (χ2v) is 6.90. The third kappa shape index (κ3) is 6.98. The minimum absolute atomic E-state index is 0.0519. The first-order chi connectivity index (χ1) is 15.5. The van der Waals surface area contributed by atoms with E-state index in [1.807, 2.05) is 42.5 Å². The molecule has 32 heavy (non-hydrogen) atoms.